The number of benzene rings is 2. The summed E-state index contributed by atoms with van der Waals surface area (Å²) in [6.45, 7) is 1.62. The minimum absolute atomic E-state index is 0.699. The van der Waals surface area contributed by atoms with Crippen LogP contribution in [0.5, 0.6) is 0 Å². The van der Waals surface area contributed by atoms with Gasteiger partial charge in [-0.2, -0.15) is 4.98 Å². The Kier molecular flexibility index (Phi) is 4.05. The van der Waals surface area contributed by atoms with Gasteiger partial charge in [-0.05, 0) is 41.8 Å². The van der Waals surface area contributed by atoms with Crippen LogP contribution in [0.3, 0.4) is 0 Å². The number of anilines is 3. The number of fused-ring (bicyclic) bond motifs is 1. The van der Waals surface area contributed by atoms with Crippen LogP contribution in [0.15, 0.2) is 60.8 Å². The highest BCUT2D eigenvalue weighted by atomic mass is 35.5. The highest BCUT2D eigenvalue weighted by Gasteiger charge is 2.21. The predicted octanol–water partition coefficient (Wildman–Crippen LogP) is 4.44. The van der Waals surface area contributed by atoms with E-state index in [-0.39, 0.29) is 0 Å². The van der Waals surface area contributed by atoms with Gasteiger partial charge in [-0.15, -0.1) is 0 Å². The Hall–Kier alpha value is -2.59. The summed E-state index contributed by atoms with van der Waals surface area (Å²) in [4.78, 5) is 11.3. The van der Waals surface area contributed by atoms with Crippen molar-refractivity contribution in [1.82, 2.24) is 9.97 Å². The molecule has 0 amide bonds. The fourth-order valence-electron chi connectivity index (χ4n) is 2.92. The largest absolute Gasteiger partial charge is 0.366 e. The molecule has 0 bridgehead atoms. The number of nitrogens with one attached hydrogen (secondary N) is 1. The fraction of sp³-hybridized carbons (Fsp3) is 0.158. The molecule has 0 atom stereocenters. The monoisotopic (exact) mass is 336 g/mol. The van der Waals surface area contributed by atoms with Crippen LogP contribution in [-0.4, -0.2) is 16.5 Å². The first-order chi connectivity index (χ1) is 11.8. The Morgan fingerprint density at radius 3 is 2.75 bits per heavy atom. The number of para-hydroxylation sites is 1. The molecule has 1 N–H and O–H groups in total. The molecule has 0 saturated heterocycles. The molecule has 3 aromatic rings. The zero-order valence-electron chi connectivity index (χ0n) is 13.1. The summed E-state index contributed by atoms with van der Waals surface area (Å²) in [5.74, 6) is 1.56. The molecular formula is C19H17ClN4. The van der Waals surface area contributed by atoms with E-state index in [2.05, 4.69) is 44.5 Å². The van der Waals surface area contributed by atoms with Crippen LogP contribution >= 0.6 is 11.6 Å². The second-order valence-corrected chi connectivity index (χ2v) is 6.19. The average Bonchev–Trinajstić information content (AvgIpc) is 3.06. The van der Waals surface area contributed by atoms with Gasteiger partial charge < -0.3 is 10.2 Å². The normalized spacial score (nSPS) is 13.0. The molecule has 0 spiro atoms. The molecule has 0 unspecified atom stereocenters. The zero-order chi connectivity index (χ0) is 16.4. The van der Waals surface area contributed by atoms with E-state index < -0.39 is 0 Å². The quantitative estimate of drug-likeness (QED) is 0.765. The lowest BCUT2D eigenvalue weighted by atomic mass is 10.2. The van der Waals surface area contributed by atoms with Crippen molar-refractivity contribution in [2.24, 2.45) is 0 Å². The van der Waals surface area contributed by atoms with Crippen LogP contribution in [-0.2, 0) is 13.0 Å². The number of nitrogens with zero attached hydrogens (tertiary/aromatic N) is 3. The van der Waals surface area contributed by atoms with Gasteiger partial charge in [0, 0.05) is 30.0 Å². The highest BCUT2D eigenvalue weighted by Crippen LogP contribution is 2.32. The van der Waals surface area contributed by atoms with E-state index in [1.54, 1.807) is 6.20 Å². The lowest BCUT2D eigenvalue weighted by molar-refractivity contribution is 0.936. The number of hydrogen-bond acceptors (Lipinski definition) is 4. The number of aromatic nitrogens is 2. The molecule has 4 nitrogen and oxygen atoms in total. The van der Waals surface area contributed by atoms with Crippen molar-refractivity contribution in [2.45, 2.75) is 13.0 Å². The number of rotatable bonds is 4. The molecule has 0 fully saturated rings. The second-order valence-electron chi connectivity index (χ2n) is 5.75. The standard InChI is InChI=1S/C19H17ClN4/c20-16-7-5-14(6-8-16)13-22-18-9-11-21-19(23-18)24-12-10-15-3-1-2-4-17(15)24/h1-9,11H,10,12-13H2,(H,21,22,23). The second kappa shape index (κ2) is 6.49. The van der Waals surface area contributed by atoms with E-state index >= 15 is 0 Å². The van der Waals surface area contributed by atoms with E-state index in [1.807, 2.05) is 30.3 Å². The Bertz CT molecular complexity index is 848. The molecule has 4 rings (SSSR count). The summed E-state index contributed by atoms with van der Waals surface area (Å²) in [5, 5.41) is 4.09. The minimum Gasteiger partial charge on any atom is -0.366 e. The summed E-state index contributed by atoms with van der Waals surface area (Å²) in [5.41, 5.74) is 3.71. The topological polar surface area (TPSA) is 41.1 Å². The van der Waals surface area contributed by atoms with Gasteiger partial charge >= 0.3 is 0 Å². The van der Waals surface area contributed by atoms with Gasteiger partial charge in [0.2, 0.25) is 5.95 Å². The van der Waals surface area contributed by atoms with Crippen LogP contribution in [0.2, 0.25) is 5.02 Å². The lowest BCUT2D eigenvalue weighted by Gasteiger charge is -2.17. The third-order valence-corrected chi connectivity index (χ3v) is 4.41. The van der Waals surface area contributed by atoms with Crippen molar-refractivity contribution in [3.05, 3.63) is 76.9 Å². The highest BCUT2D eigenvalue weighted by molar-refractivity contribution is 6.30. The van der Waals surface area contributed by atoms with Gasteiger partial charge in [0.05, 0.1) is 0 Å². The maximum atomic E-state index is 5.92. The molecule has 120 valence electrons. The Morgan fingerprint density at radius 2 is 1.88 bits per heavy atom. The zero-order valence-corrected chi connectivity index (χ0v) is 13.9. The first-order valence-corrected chi connectivity index (χ1v) is 8.34. The van der Waals surface area contributed by atoms with Crippen LogP contribution < -0.4 is 10.2 Å². The Labute approximate surface area is 146 Å². The molecule has 0 saturated carbocycles. The molecule has 5 heteroatoms. The van der Waals surface area contributed by atoms with Crippen molar-refractivity contribution in [3.63, 3.8) is 0 Å². The molecule has 0 aliphatic carbocycles. The van der Waals surface area contributed by atoms with Gasteiger partial charge in [0.25, 0.3) is 0 Å². The third kappa shape index (κ3) is 3.05. The summed E-state index contributed by atoms with van der Waals surface area (Å²) in [6, 6.07) is 18.1. The summed E-state index contributed by atoms with van der Waals surface area (Å²) in [7, 11) is 0. The first-order valence-electron chi connectivity index (χ1n) is 7.96. The van der Waals surface area contributed by atoms with E-state index in [9.17, 15) is 0 Å². The van der Waals surface area contributed by atoms with Crippen LogP contribution in [0.25, 0.3) is 0 Å². The molecule has 24 heavy (non-hydrogen) atoms. The summed E-state index contributed by atoms with van der Waals surface area (Å²) < 4.78 is 0. The predicted molar refractivity (Wildman–Crippen MR) is 98.0 cm³/mol. The van der Waals surface area contributed by atoms with Crippen molar-refractivity contribution < 1.29 is 0 Å². The van der Waals surface area contributed by atoms with Crippen molar-refractivity contribution in [3.8, 4) is 0 Å². The van der Waals surface area contributed by atoms with E-state index in [0.717, 1.165) is 35.3 Å². The van der Waals surface area contributed by atoms with Crippen molar-refractivity contribution in [2.75, 3.05) is 16.8 Å². The summed E-state index contributed by atoms with van der Waals surface area (Å²) in [6.07, 6.45) is 2.83. The average molecular weight is 337 g/mol. The molecule has 2 heterocycles. The van der Waals surface area contributed by atoms with Gasteiger partial charge in [0.1, 0.15) is 5.82 Å². The fourth-order valence-corrected chi connectivity index (χ4v) is 3.04. The van der Waals surface area contributed by atoms with Gasteiger partial charge in [0.15, 0.2) is 0 Å². The van der Waals surface area contributed by atoms with Crippen LogP contribution in [0, 0.1) is 0 Å². The SMILES string of the molecule is Clc1ccc(CNc2ccnc(N3CCc4ccccc43)n2)cc1. The number of halogens is 1. The van der Waals surface area contributed by atoms with E-state index in [1.165, 1.54) is 11.3 Å². The first kappa shape index (κ1) is 15.0. The summed E-state index contributed by atoms with van der Waals surface area (Å²) >= 11 is 5.92. The molecule has 1 aliphatic rings. The lowest BCUT2D eigenvalue weighted by Crippen LogP contribution is -2.17. The maximum absolute atomic E-state index is 5.92. The van der Waals surface area contributed by atoms with Crippen molar-refractivity contribution in [1.29, 1.82) is 0 Å². The van der Waals surface area contributed by atoms with Crippen LogP contribution in [0.1, 0.15) is 11.1 Å². The maximum Gasteiger partial charge on any atom is 0.231 e. The smallest absolute Gasteiger partial charge is 0.231 e. The van der Waals surface area contributed by atoms with E-state index in [4.69, 9.17) is 11.6 Å². The minimum atomic E-state index is 0.699. The Morgan fingerprint density at radius 1 is 1.04 bits per heavy atom. The van der Waals surface area contributed by atoms with E-state index in [0.29, 0.717) is 6.54 Å². The molecule has 1 aliphatic heterocycles. The van der Waals surface area contributed by atoms with Gasteiger partial charge in [-0.25, -0.2) is 4.98 Å². The van der Waals surface area contributed by atoms with Gasteiger partial charge in [-0.3, -0.25) is 0 Å². The third-order valence-electron chi connectivity index (χ3n) is 4.16. The molecule has 2 aromatic carbocycles. The Balaban J connectivity index is 1.51. The molecule has 0 radical (unpaired) electrons. The molecule has 1 aromatic heterocycles. The number of hydrogen-bond donors (Lipinski definition) is 1. The molecular weight excluding hydrogens is 320 g/mol. The van der Waals surface area contributed by atoms with Gasteiger partial charge in [-0.1, -0.05) is 41.9 Å². The van der Waals surface area contributed by atoms with Crippen LogP contribution in [0.4, 0.5) is 17.5 Å². The van der Waals surface area contributed by atoms with Crippen molar-refractivity contribution >= 4 is 29.1 Å².